The second-order valence-corrected chi connectivity index (χ2v) is 7.81. The Morgan fingerprint density at radius 1 is 1.24 bits per heavy atom. The number of amides is 1. The van der Waals surface area contributed by atoms with Crippen LogP contribution >= 0.6 is 0 Å². The number of rotatable bonds is 5. The maximum absolute atomic E-state index is 13.0. The van der Waals surface area contributed by atoms with Crippen LogP contribution in [-0.2, 0) is 6.61 Å². The monoisotopic (exact) mass is 519 g/mol. The fourth-order valence-electron chi connectivity index (χ4n) is 3.12. The molecule has 0 unspecified atom stereocenters. The Morgan fingerprint density at radius 2 is 1.95 bits per heavy atom. The van der Waals surface area contributed by atoms with Crippen LogP contribution in [0.4, 0.5) is 8.78 Å². The molecule has 3 aromatic heterocycles. The lowest BCUT2D eigenvalue weighted by atomic mass is 10.1. The summed E-state index contributed by atoms with van der Waals surface area (Å²) < 4.78 is 32.8. The lowest BCUT2D eigenvalue weighted by Gasteiger charge is -2.27. The van der Waals surface area contributed by atoms with E-state index in [-0.39, 0.29) is 12.4 Å². The largest absolute Gasteiger partial charge is 0.432 e. The number of aliphatic hydroxyl groups is 1. The van der Waals surface area contributed by atoms with Crippen LogP contribution in [0.1, 0.15) is 89.4 Å². The van der Waals surface area contributed by atoms with E-state index in [1.54, 1.807) is 12.4 Å². The van der Waals surface area contributed by atoms with Crippen molar-refractivity contribution in [2.45, 2.75) is 73.8 Å². The number of aliphatic hydroxyl groups excluding tert-OH is 1. The van der Waals surface area contributed by atoms with Gasteiger partial charge < -0.3 is 14.4 Å². The number of aromatic nitrogens is 3. The molecule has 0 radical (unpaired) electrons. The molecule has 0 fully saturated rings. The second kappa shape index (κ2) is 17.1. The van der Waals surface area contributed by atoms with Crippen LogP contribution in [0.2, 0.25) is 0 Å². The highest BCUT2D eigenvalue weighted by Gasteiger charge is 2.31. The summed E-state index contributed by atoms with van der Waals surface area (Å²) in [4.78, 5) is 21.7. The summed E-state index contributed by atoms with van der Waals surface area (Å²) in [5.74, 6) is -1.47. The standard InChI is InChI=1S/C15H19F2N3O3.C7H6N2.C3H8.C2H6/c1-3-5-18-10-7-20(6-4-9(10)2)15(22)13-12(14(16)17)19-11(8-21)23-13;1-2-6-9-7(3-1)4-5-8-9;1-3-2;1-2/h5,14,21H,3-4,6-8H2,1-2H3;1-6H;3H2,1-2H3;1-2H3. The van der Waals surface area contributed by atoms with Crippen LogP contribution in [0, 0.1) is 0 Å². The van der Waals surface area contributed by atoms with Gasteiger partial charge in [0.15, 0.2) is 5.69 Å². The smallest absolute Gasteiger partial charge is 0.292 e. The van der Waals surface area contributed by atoms with Crippen molar-refractivity contribution in [3.05, 3.63) is 65.3 Å². The number of hydrogen-bond donors (Lipinski definition) is 1. The number of carbonyl (C=O) groups is 1. The number of nitrogens with zero attached hydrogens (tertiary/aromatic N) is 5. The van der Waals surface area contributed by atoms with Gasteiger partial charge >= 0.3 is 0 Å². The number of aliphatic imine (C=N–C) groups is 1. The zero-order chi connectivity index (χ0) is 27.8. The van der Waals surface area contributed by atoms with Crippen molar-refractivity contribution in [2.24, 2.45) is 4.99 Å². The van der Waals surface area contributed by atoms with Crippen LogP contribution in [0.15, 0.2) is 57.3 Å². The van der Waals surface area contributed by atoms with Crippen LogP contribution in [0.25, 0.3) is 5.52 Å². The van der Waals surface area contributed by atoms with E-state index in [1.165, 1.54) is 11.3 Å². The Morgan fingerprint density at radius 3 is 2.54 bits per heavy atom. The average molecular weight is 520 g/mol. The van der Waals surface area contributed by atoms with E-state index in [2.05, 4.69) is 28.9 Å². The minimum absolute atomic E-state index is 0.235. The molecule has 0 atom stereocenters. The van der Waals surface area contributed by atoms with Gasteiger partial charge in [-0.3, -0.25) is 9.79 Å². The first kappa shape index (κ1) is 31.6. The van der Waals surface area contributed by atoms with Gasteiger partial charge in [-0.15, -0.1) is 0 Å². The van der Waals surface area contributed by atoms with Gasteiger partial charge in [-0.25, -0.2) is 18.3 Å². The summed E-state index contributed by atoms with van der Waals surface area (Å²) in [6.45, 7) is 12.1. The predicted octanol–water partition coefficient (Wildman–Crippen LogP) is 6.48. The van der Waals surface area contributed by atoms with Crippen molar-refractivity contribution in [3.63, 3.8) is 0 Å². The summed E-state index contributed by atoms with van der Waals surface area (Å²) in [5.41, 5.74) is 2.23. The van der Waals surface area contributed by atoms with Gasteiger partial charge in [-0.1, -0.05) is 47.1 Å². The number of pyridine rings is 1. The third-order valence-electron chi connectivity index (χ3n) is 4.85. The molecule has 1 aliphatic rings. The Balaban J connectivity index is 0.000000399. The first-order valence-electron chi connectivity index (χ1n) is 12.6. The number of oxazole rings is 1. The zero-order valence-electron chi connectivity index (χ0n) is 22.6. The highest BCUT2D eigenvalue weighted by Crippen LogP contribution is 2.27. The molecule has 0 spiro atoms. The third kappa shape index (κ3) is 9.53. The van der Waals surface area contributed by atoms with Gasteiger partial charge in [0.05, 0.1) is 17.8 Å². The number of halogens is 2. The van der Waals surface area contributed by atoms with E-state index in [4.69, 9.17) is 9.52 Å². The predicted molar refractivity (Wildman–Crippen MR) is 142 cm³/mol. The van der Waals surface area contributed by atoms with E-state index >= 15 is 0 Å². The molecule has 4 rings (SSSR count). The first-order valence-corrected chi connectivity index (χ1v) is 12.6. The van der Waals surface area contributed by atoms with E-state index in [0.717, 1.165) is 23.2 Å². The summed E-state index contributed by atoms with van der Waals surface area (Å²) in [5, 5.41) is 13.0. The summed E-state index contributed by atoms with van der Waals surface area (Å²) in [7, 11) is 0. The molecule has 8 nitrogen and oxygen atoms in total. The lowest BCUT2D eigenvalue weighted by molar-refractivity contribution is 0.0710. The molecule has 204 valence electrons. The zero-order valence-corrected chi connectivity index (χ0v) is 22.6. The molecule has 1 amide bonds. The number of fused-ring (bicyclic) bond motifs is 1. The lowest BCUT2D eigenvalue weighted by Crippen LogP contribution is -2.37. The molecule has 37 heavy (non-hydrogen) atoms. The number of hydrogen-bond acceptors (Lipinski definition) is 6. The second-order valence-electron chi connectivity index (χ2n) is 7.81. The van der Waals surface area contributed by atoms with E-state index in [1.807, 2.05) is 62.7 Å². The van der Waals surface area contributed by atoms with Crippen molar-refractivity contribution in [2.75, 3.05) is 13.1 Å². The van der Waals surface area contributed by atoms with Crippen LogP contribution in [0.3, 0.4) is 0 Å². The Bertz CT molecular complexity index is 1110. The molecule has 0 saturated carbocycles. The fraction of sp³-hybridized carbons (Fsp3) is 0.481. The Labute approximate surface area is 217 Å². The summed E-state index contributed by atoms with van der Waals surface area (Å²) in [6.07, 6.45) is 5.15. The quantitative estimate of drug-likeness (QED) is 0.389. The normalized spacial score (nSPS) is 13.1. The maximum Gasteiger partial charge on any atom is 0.292 e. The van der Waals surface area contributed by atoms with E-state index in [0.29, 0.717) is 13.0 Å². The SMILES string of the molecule is CC.CCC.CCC=NC1=C(C)CCN(C(=O)c2oc(CO)nc2C(F)F)C1.c1ccn2nccc2c1. The van der Waals surface area contributed by atoms with Gasteiger partial charge in [-0.2, -0.15) is 5.10 Å². The maximum atomic E-state index is 13.0. The minimum atomic E-state index is -2.95. The highest BCUT2D eigenvalue weighted by molar-refractivity contribution is 5.93. The minimum Gasteiger partial charge on any atom is -0.432 e. The molecule has 4 heterocycles. The average Bonchev–Trinajstić information content (AvgIpc) is 3.57. The Hall–Kier alpha value is -3.40. The number of alkyl halides is 2. The van der Waals surface area contributed by atoms with Gasteiger partial charge in [0.25, 0.3) is 12.3 Å². The van der Waals surface area contributed by atoms with Crippen molar-refractivity contribution >= 4 is 17.6 Å². The molecule has 1 N–H and O–H groups in total. The van der Waals surface area contributed by atoms with Crippen LogP contribution < -0.4 is 0 Å². The fourth-order valence-corrected chi connectivity index (χ4v) is 3.12. The van der Waals surface area contributed by atoms with Crippen molar-refractivity contribution in [1.29, 1.82) is 0 Å². The van der Waals surface area contributed by atoms with E-state index in [9.17, 15) is 13.6 Å². The molecule has 0 aromatic carbocycles. The van der Waals surface area contributed by atoms with Crippen molar-refractivity contribution in [1.82, 2.24) is 19.5 Å². The highest BCUT2D eigenvalue weighted by atomic mass is 19.3. The van der Waals surface area contributed by atoms with Gasteiger partial charge in [0.2, 0.25) is 11.7 Å². The molecule has 0 aliphatic carbocycles. The molecule has 10 heteroatoms. The Kier molecular flexibility index (Phi) is 14.6. The summed E-state index contributed by atoms with van der Waals surface area (Å²) in [6, 6.07) is 7.95. The van der Waals surface area contributed by atoms with Gasteiger partial charge in [-0.05, 0) is 43.5 Å². The molecule has 3 aromatic rings. The van der Waals surface area contributed by atoms with Gasteiger partial charge in [0, 0.05) is 25.2 Å². The van der Waals surface area contributed by atoms with Crippen molar-refractivity contribution < 1.29 is 23.1 Å². The van der Waals surface area contributed by atoms with Crippen LogP contribution in [-0.4, -0.2) is 49.8 Å². The van der Waals surface area contributed by atoms with Crippen LogP contribution in [0.5, 0.6) is 0 Å². The number of carbonyl (C=O) groups excluding carboxylic acids is 1. The molecule has 0 saturated heterocycles. The third-order valence-corrected chi connectivity index (χ3v) is 4.85. The topological polar surface area (TPSA) is 96.2 Å². The first-order chi connectivity index (χ1) is 17.9. The molecule has 1 aliphatic heterocycles. The molecular weight excluding hydrogens is 480 g/mol. The van der Waals surface area contributed by atoms with Gasteiger partial charge in [0.1, 0.15) is 6.61 Å². The molecule has 0 bridgehead atoms. The van der Waals surface area contributed by atoms with E-state index < -0.39 is 30.4 Å². The van der Waals surface area contributed by atoms with Crippen molar-refractivity contribution in [3.8, 4) is 0 Å². The summed E-state index contributed by atoms with van der Waals surface area (Å²) >= 11 is 0. The molecular formula is C27H39F2N5O3.